The first-order valence-corrected chi connectivity index (χ1v) is 8.57. The Hall–Kier alpha value is -2.52. The average Bonchev–Trinajstić information content (AvgIpc) is 2.60. The summed E-state index contributed by atoms with van der Waals surface area (Å²) >= 11 is 0. The second kappa shape index (κ2) is 7.16. The molecule has 0 radical (unpaired) electrons. The number of fused-ring (bicyclic) bond motifs is 1. The summed E-state index contributed by atoms with van der Waals surface area (Å²) < 4.78 is 5.47. The van der Waals surface area contributed by atoms with Crippen molar-refractivity contribution in [1.82, 2.24) is 0 Å². The largest absolute Gasteiger partial charge is 0.495 e. The summed E-state index contributed by atoms with van der Waals surface area (Å²) in [5.74, 6) is 0.795. The first-order chi connectivity index (χ1) is 12.0. The van der Waals surface area contributed by atoms with Crippen molar-refractivity contribution >= 4 is 16.5 Å². The molecule has 3 aromatic rings. The minimum absolute atomic E-state index is 0.0394. The van der Waals surface area contributed by atoms with E-state index in [4.69, 9.17) is 4.74 Å². The predicted octanol–water partition coefficient (Wildman–Crippen LogP) is 5.16. The van der Waals surface area contributed by atoms with Gasteiger partial charge in [0.2, 0.25) is 0 Å². The van der Waals surface area contributed by atoms with Crippen LogP contribution in [0.15, 0.2) is 66.7 Å². The van der Waals surface area contributed by atoms with E-state index in [0.29, 0.717) is 6.42 Å². The first-order valence-electron chi connectivity index (χ1n) is 8.57. The van der Waals surface area contributed by atoms with E-state index in [0.717, 1.165) is 11.4 Å². The number of ether oxygens (including phenoxy) is 1. The molecule has 0 unspecified atom stereocenters. The lowest BCUT2D eigenvalue weighted by molar-refractivity contribution is 0.0656. The van der Waals surface area contributed by atoms with Gasteiger partial charge in [0.05, 0.1) is 24.4 Å². The molecule has 3 rings (SSSR count). The van der Waals surface area contributed by atoms with Gasteiger partial charge in [0.1, 0.15) is 5.75 Å². The molecule has 0 aliphatic carbocycles. The first kappa shape index (κ1) is 17.3. The van der Waals surface area contributed by atoms with Crippen molar-refractivity contribution in [1.29, 1.82) is 0 Å². The molecular formula is C22H25NO2. The van der Waals surface area contributed by atoms with Crippen molar-refractivity contribution in [2.75, 3.05) is 12.4 Å². The smallest absolute Gasteiger partial charge is 0.141 e. The minimum atomic E-state index is -0.795. The lowest BCUT2D eigenvalue weighted by Crippen LogP contribution is -2.26. The van der Waals surface area contributed by atoms with E-state index in [1.165, 1.54) is 16.3 Å². The molecule has 0 saturated carbocycles. The fourth-order valence-corrected chi connectivity index (χ4v) is 3.24. The number of anilines is 1. The van der Waals surface area contributed by atoms with Crippen LogP contribution in [-0.2, 0) is 0 Å². The van der Waals surface area contributed by atoms with E-state index in [1.807, 2.05) is 44.2 Å². The molecular weight excluding hydrogens is 310 g/mol. The van der Waals surface area contributed by atoms with Gasteiger partial charge in [-0.2, -0.15) is 0 Å². The van der Waals surface area contributed by atoms with Crippen LogP contribution in [0, 0.1) is 0 Å². The molecule has 0 spiro atoms. The molecule has 0 fully saturated rings. The molecule has 1 atom stereocenters. The van der Waals surface area contributed by atoms with E-state index < -0.39 is 5.60 Å². The van der Waals surface area contributed by atoms with Gasteiger partial charge in [0, 0.05) is 0 Å². The molecule has 3 nitrogen and oxygen atoms in total. The van der Waals surface area contributed by atoms with Crippen LogP contribution < -0.4 is 10.1 Å². The monoisotopic (exact) mass is 335 g/mol. The fourth-order valence-electron chi connectivity index (χ4n) is 3.24. The summed E-state index contributed by atoms with van der Waals surface area (Å²) in [4.78, 5) is 0. The molecule has 2 N–H and O–H groups in total. The van der Waals surface area contributed by atoms with Gasteiger partial charge in [-0.3, -0.25) is 0 Å². The Morgan fingerprint density at radius 3 is 2.40 bits per heavy atom. The molecule has 0 aromatic heterocycles. The van der Waals surface area contributed by atoms with Crippen molar-refractivity contribution < 1.29 is 9.84 Å². The molecule has 130 valence electrons. The highest BCUT2D eigenvalue weighted by Gasteiger charge is 2.24. The highest BCUT2D eigenvalue weighted by atomic mass is 16.5. The van der Waals surface area contributed by atoms with Crippen LogP contribution in [0.5, 0.6) is 5.75 Å². The standard InChI is InChI=1S/C22H25NO2/c1-22(2,24)15-20(23-19-13-6-7-14-21(19)25-3)18-12-8-10-16-9-4-5-11-17(16)18/h4-14,20,23-24H,15H2,1-3H3/t20-/m0/s1. The number of rotatable bonds is 6. The SMILES string of the molecule is COc1ccccc1N[C@@H](CC(C)(C)O)c1cccc2ccccc12. The summed E-state index contributed by atoms with van der Waals surface area (Å²) in [6.07, 6.45) is 0.582. The summed E-state index contributed by atoms with van der Waals surface area (Å²) in [6, 6.07) is 22.5. The predicted molar refractivity (Wildman–Crippen MR) is 104 cm³/mol. The van der Waals surface area contributed by atoms with Crippen molar-refractivity contribution in [3.8, 4) is 5.75 Å². The van der Waals surface area contributed by atoms with Crippen LogP contribution in [0.4, 0.5) is 5.69 Å². The van der Waals surface area contributed by atoms with Crippen LogP contribution in [0.1, 0.15) is 31.9 Å². The molecule has 25 heavy (non-hydrogen) atoms. The van der Waals surface area contributed by atoms with Crippen LogP contribution >= 0.6 is 0 Å². The van der Waals surface area contributed by atoms with Crippen molar-refractivity contribution in [2.24, 2.45) is 0 Å². The molecule has 3 heteroatoms. The van der Waals surface area contributed by atoms with E-state index in [-0.39, 0.29) is 6.04 Å². The zero-order valence-electron chi connectivity index (χ0n) is 15.0. The number of hydrogen-bond acceptors (Lipinski definition) is 3. The van der Waals surface area contributed by atoms with Gasteiger partial charge >= 0.3 is 0 Å². The molecule has 0 heterocycles. The summed E-state index contributed by atoms with van der Waals surface area (Å²) in [6.45, 7) is 3.68. The van der Waals surface area contributed by atoms with Gasteiger partial charge < -0.3 is 15.2 Å². The molecule has 0 aliphatic rings. The van der Waals surface area contributed by atoms with Crippen LogP contribution in [0.3, 0.4) is 0 Å². The quantitative estimate of drug-likeness (QED) is 0.653. The van der Waals surface area contributed by atoms with Crippen LogP contribution in [0.2, 0.25) is 0 Å². The number of benzene rings is 3. The number of hydrogen-bond donors (Lipinski definition) is 2. The maximum absolute atomic E-state index is 10.5. The third kappa shape index (κ3) is 4.12. The summed E-state index contributed by atoms with van der Waals surface area (Å²) in [5.41, 5.74) is 1.30. The van der Waals surface area contributed by atoms with Crippen molar-refractivity contribution in [3.05, 3.63) is 72.3 Å². The van der Waals surface area contributed by atoms with Crippen LogP contribution in [0.25, 0.3) is 10.8 Å². The zero-order chi connectivity index (χ0) is 17.9. The van der Waals surface area contributed by atoms with Gasteiger partial charge in [-0.05, 0) is 48.7 Å². The maximum Gasteiger partial charge on any atom is 0.141 e. The number of para-hydroxylation sites is 2. The Bertz CT molecular complexity index is 847. The molecule has 0 aliphatic heterocycles. The number of nitrogens with one attached hydrogen (secondary N) is 1. The van der Waals surface area contributed by atoms with E-state index in [2.05, 4.69) is 41.7 Å². The Balaban J connectivity index is 2.05. The van der Waals surface area contributed by atoms with Gasteiger partial charge in [-0.25, -0.2) is 0 Å². The minimum Gasteiger partial charge on any atom is -0.495 e. The molecule has 0 amide bonds. The second-order valence-corrected chi connectivity index (χ2v) is 6.98. The zero-order valence-corrected chi connectivity index (χ0v) is 15.0. The highest BCUT2D eigenvalue weighted by Crippen LogP contribution is 2.35. The number of aliphatic hydroxyl groups is 1. The third-order valence-corrected chi connectivity index (χ3v) is 4.34. The molecule has 0 saturated heterocycles. The van der Waals surface area contributed by atoms with Gasteiger partial charge in [-0.1, -0.05) is 54.6 Å². The van der Waals surface area contributed by atoms with E-state index in [9.17, 15) is 5.11 Å². The molecule has 0 bridgehead atoms. The normalized spacial score (nSPS) is 12.8. The summed E-state index contributed by atoms with van der Waals surface area (Å²) in [5, 5.41) is 16.4. The lowest BCUT2D eigenvalue weighted by Gasteiger charge is -2.28. The van der Waals surface area contributed by atoms with Crippen molar-refractivity contribution in [2.45, 2.75) is 31.9 Å². The Kier molecular flexibility index (Phi) is 4.95. The van der Waals surface area contributed by atoms with Crippen LogP contribution in [-0.4, -0.2) is 17.8 Å². The van der Waals surface area contributed by atoms with Gasteiger partial charge in [0.15, 0.2) is 0 Å². The Morgan fingerprint density at radius 1 is 0.960 bits per heavy atom. The van der Waals surface area contributed by atoms with Gasteiger partial charge in [0.25, 0.3) is 0 Å². The van der Waals surface area contributed by atoms with Crippen molar-refractivity contribution in [3.63, 3.8) is 0 Å². The van der Waals surface area contributed by atoms with Gasteiger partial charge in [-0.15, -0.1) is 0 Å². The second-order valence-electron chi connectivity index (χ2n) is 6.98. The lowest BCUT2D eigenvalue weighted by atomic mass is 9.90. The number of methoxy groups -OCH3 is 1. The highest BCUT2D eigenvalue weighted by molar-refractivity contribution is 5.86. The third-order valence-electron chi connectivity index (χ3n) is 4.34. The fraction of sp³-hybridized carbons (Fsp3) is 0.273. The van der Waals surface area contributed by atoms with E-state index >= 15 is 0 Å². The Labute approximate surface area is 149 Å². The Morgan fingerprint density at radius 2 is 1.64 bits per heavy atom. The molecule has 3 aromatic carbocycles. The maximum atomic E-state index is 10.5. The summed E-state index contributed by atoms with van der Waals surface area (Å²) in [7, 11) is 1.67. The van der Waals surface area contributed by atoms with E-state index in [1.54, 1.807) is 7.11 Å². The average molecular weight is 335 g/mol. The topological polar surface area (TPSA) is 41.5 Å².